The first-order valence-electron chi connectivity index (χ1n) is 6.23. The van der Waals surface area contributed by atoms with Crippen LogP contribution in [-0.2, 0) is 4.79 Å². The van der Waals surface area contributed by atoms with Crippen LogP contribution < -0.4 is 5.73 Å². The maximum absolute atomic E-state index is 12.5. The first-order chi connectivity index (χ1) is 7.98. The normalized spacial score (nSPS) is 21.2. The van der Waals surface area contributed by atoms with Gasteiger partial charge in [-0.3, -0.25) is 4.79 Å². The molecule has 1 saturated carbocycles. The molecule has 1 amide bonds. The molecule has 1 rings (SSSR count). The van der Waals surface area contributed by atoms with Gasteiger partial charge in [-0.05, 0) is 26.2 Å². The van der Waals surface area contributed by atoms with Crippen LogP contribution in [0.1, 0.15) is 46.0 Å². The second kappa shape index (κ2) is 5.38. The Morgan fingerprint density at radius 2 is 2.06 bits per heavy atom. The van der Waals surface area contributed by atoms with Gasteiger partial charge >= 0.3 is 0 Å². The van der Waals surface area contributed by atoms with Crippen LogP contribution in [-0.4, -0.2) is 34.9 Å². The van der Waals surface area contributed by atoms with E-state index in [1.807, 2.05) is 0 Å². The van der Waals surface area contributed by atoms with E-state index in [2.05, 4.69) is 12.1 Å². The summed E-state index contributed by atoms with van der Waals surface area (Å²) in [4.78, 5) is 14.1. The maximum atomic E-state index is 12.5. The van der Waals surface area contributed by atoms with Gasteiger partial charge in [-0.25, -0.2) is 0 Å². The van der Waals surface area contributed by atoms with Gasteiger partial charge < -0.3 is 15.8 Å². The van der Waals surface area contributed by atoms with Crippen molar-refractivity contribution in [3.05, 3.63) is 0 Å². The molecular weight excluding hydrogens is 218 g/mol. The minimum absolute atomic E-state index is 0.0742. The molecule has 0 aliphatic heterocycles. The first kappa shape index (κ1) is 13.8. The molecule has 0 bridgehead atoms. The molecule has 0 aromatic rings. The van der Waals surface area contributed by atoms with Gasteiger partial charge in [0, 0.05) is 12.5 Å². The maximum Gasteiger partial charge on any atom is 0.229 e. The van der Waals surface area contributed by atoms with Gasteiger partial charge in [0.25, 0.3) is 0 Å². The number of carbonyl (C=O) groups excluding carboxylic acids is 1. The zero-order valence-corrected chi connectivity index (χ0v) is 10.9. The summed E-state index contributed by atoms with van der Waals surface area (Å²) in [5.74, 6) is 0.196. The number of amidine groups is 1. The molecule has 1 fully saturated rings. The van der Waals surface area contributed by atoms with Crippen LogP contribution in [0.25, 0.3) is 0 Å². The van der Waals surface area contributed by atoms with Crippen molar-refractivity contribution >= 4 is 11.7 Å². The fourth-order valence-corrected chi connectivity index (χ4v) is 2.60. The number of rotatable bonds is 4. The third kappa shape index (κ3) is 2.53. The van der Waals surface area contributed by atoms with E-state index in [-0.39, 0.29) is 23.2 Å². The molecule has 0 aromatic heterocycles. The predicted molar refractivity (Wildman–Crippen MR) is 66.8 cm³/mol. The van der Waals surface area contributed by atoms with E-state index in [1.165, 1.54) is 0 Å². The minimum Gasteiger partial charge on any atom is -0.409 e. The van der Waals surface area contributed by atoms with Crippen molar-refractivity contribution in [2.24, 2.45) is 16.3 Å². The van der Waals surface area contributed by atoms with E-state index < -0.39 is 0 Å². The molecule has 0 radical (unpaired) electrons. The van der Waals surface area contributed by atoms with Gasteiger partial charge in [0.1, 0.15) is 0 Å². The molecule has 0 heterocycles. The largest absolute Gasteiger partial charge is 0.409 e. The molecule has 17 heavy (non-hydrogen) atoms. The lowest BCUT2D eigenvalue weighted by Gasteiger charge is -2.34. The molecule has 1 aliphatic carbocycles. The Kier molecular flexibility index (Phi) is 4.37. The zero-order valence-electron chi connectivity index (χ0n) is 10.9. The SMILES string of the molecule is CCC1(C(=O)N(C)C(C)C(N)=NO)CCCC1. The number of carbonyl (C=O) groups is 1. The lowest BCUT2D eigenvalue weighted by Crippen LogP contribution is -2.49. The molecule has 0 aromatic carbocycles. The van der Waals surface area contributed by atoms with Crippen LogP contribution >= 0.6 is 0 Å². The summed E-state index contributed by atoms with van der Waals surface area (Å²) in [5, 5.41) is 11.6. The molecule has 5 heteroatoms. The first-order valence-corrected chi connectivity index (χ1v) is 6.23. The van der Waals surface area contributed by atoms with E-state index in [9.17, 15) is 4.79 Å². The smallest absolute Gasteiger partial charge is 0.229 e. The van der Waals surface area contributed by atoms with Crippen LogP contribution in [0.4, 0.5) is 0 Å². The molecule has 1 aliphatic rings. The van der Waals surface area contributed by atoms with Crippen molar-refractivity contribution in [3.63, 3.8) is 0 Å². The molecule has 1 atom stereocenters. The van der Waals surface area contributed by atoms with Gasteiger partial charge in [-0.15, -0.1) is 0 Å². The van der Waals surface area contributed by atoms with Crippen molar-refractivity contribution in [1.82, 2.24) is 4.90 Å². The van der Waals surface area contributed by atoms with Gasteiger partial charge in [0.2, 0.25) is 5.91 Å². The molecule has 0 saturated heterocycles. The highest BCUT2D eigenvalue weighted by Gasteiger charge is 2.42. The van der Waals surface area contributed by atoms with Crippen LogP contribution in [0.2, 0.25) is 0 Å². The minimum atomic E-state index is -0.364. The zero-order chi connectivity index (χ0) is 13.1. The number of amides is 1. The Morgan fingerprint density at radius 1 is 1.53 bits per heavy atom. The van der Waals surface area contributed by atoms with Gasteiger partial charge in [-0.2, -0.15) is 0 Å². The molecule has 3 N–H and O–H groups in total. The van der Waals surface area contributed by atoms with Crippen LogP contribution in [0.5, 0.6) is 0 Å². The van der Waals surface area contributed by atoms with Gasteiger partial charge in [0.15, 0.2) is 5.84 Å². The van der Waals surface area contributed by atoms with Crippen molar-refractivity contribution in [2.75, 3.05) is 7.05 Å². The lowest BCUT2D eigenvalue weighted by molar-refractivity contribution is -0.141. The highest BCUT2D eigenvalue weighted by molar-refractivity contribution is 5.91. The number of oxime groups is 1. The summed E-state index contributed by atoms with van der Waals surface area (Å²) in [5.41, 5.74) is 5.32. The van der Waals surface area contributed by atoms with Crippen molar-refractivity contribution in [2.45, 2.75) is 52.0 Å². The van der Waals surface area contributed by atoms with Crippen LogP contribution in [0.3, 0.4) is 0 Å². The second-order valence-electron chi connectivity index (χ2n) is 4.96. The molecule has 1 unspecified atom stereocenters. The summed E-state index contributed by atoms with van der Waals surface area (Å²) in [6.07, 6.45) is 5.00. The molecule has 5 nitrogen and oxygen atoms in total. The van der Waals surface area contributed by atoms with Crippen LogP contribution in [0, 0.1) is 5.41 Å². The monoisotopic (exact) mass is 241 g/mol. The average Bonchev–Trinajstić information content (AvgIpc) is 2.85. The summed E-state index contributed by atoms with van der Waals surface area (Å²) in [6, 6.07) is -0.364. The van der Waals surface area contributed by atoms with E-state index in [1.54, 1.807) is 18.9 Å². The second-order valence-corrected chi connectivity index (χ2v) is 4.96. The molecule has 98 valence electrons. The van der Waals surface area contributed by atoms with Crippen molar-refractivity contribution in [1.29, 1.82) is 0 Å². The van der Waals surface area contributed by atoms with Gasteiger partial charge in [-0.1, -0.05) is 24.9 Å². The standard InChI is InChI=1S/C12H23N3O2/c1-4-12(7-5-6-8-12)11(16)15(3)9(2)10(13)14-17/h9,17H,4-8H2,1-3H3,(H2,13,14). The number of hydrogen-bond donors (Lipinski definition) is 2. The lowest BCUT2D eigenvalue weighted by atomic mass is 9.81. The van der Waals surface area contributed by atoms with E-state index in [4.69, 9.17) is 10.9 Å². The Morgan fingerprint density at radius 3 is 2.47 bits per heavy atom. The Hall–Kier alpha value is -1.26. The van der Waals surface area contributed by atoms with E-state index in [0.29, 0.717) is 0 Å². The van der Waals surface area contributed by atoms with Gasteiger partial charge in [0.05, 0.1) is 6.04 Å². The third-order valence-electron chi connectivity index (χ3n) is 4.14. The summed E-state index contributed by atoms with van der Waals surface area (Å²) in [6.45, 7) is 3.83. The fraction of sp³-hybridized carbons (Fsp3) is 0.833. The molecular formula is C12H23N3O2. The predicted octanol–water partition coefficient (Wildman–Crippen LogP) is 1.55. The van der Waals surface area contributed by atoms with E-state index in [0.717, 1.165) is 32.1 Å². The van der Waals surface area contributed by atoms with E-state index >= 15 is 0 Å². The summed E-state index contributed by atoms with van der Waals surface area (Å²) >= 11 is 0. The fourth-order valence-electron chi connectivity index (χ4n) is 2.60. The Labute approximate surface area is 103 Å². The van der Waals surface area contributed by atoms with Crippen molar-refractivity contribution < 1.29 is 10.0 Å². The number of likely N-dealkylation sites (N-methyl/N-ethyl adjacent to an activating group) is 1. The Bertz CT molecular complexity index is 309. The number of nitrogens with two attached hydrogens (primary N) is 1. The molecule has 0 spiro atoms. The Balaban J connectivity index is 2.81. The summed E-state index contributed by atoms with van der Waals surface area (Å²) in [7, 11) is 1.72. The third-order valence-corrected chi connectivity index (χ3v) is 4.14. The topological polar surface area (TPSA) is 78.9 Å². The van der Waals surface area contributed by atoms with Crippen LogP contribution in [0.15, 0.2) is 5.16 Å². The van der Waals surface area contributed by atoms with Crippen molar-refractivity contribution in [3.8, 4) is 0 Å². The highest BCUT2D eigenvalue weighted by atomic mass is 16.4. The number of hydrogen-bond acceptors (Lipinski definition) is 3. The number of nitrogens with zero attached hydrogens (tertiary/aromatic N) is 2. The average molecular weight is 241 g/mol. The quantitative estimate of drug-likeness (QED) is 0.339. The summed E-state index contributed by atoms with van der Waals surface area (Å²) < 4.78 is 0. The highest BCUT2D eigenvalue weighted by Crippen LogP contribution is 2.42.